The van der Waals surface area contributed by atoms with Gasteiger partial charge in [-0.2, -0.15) is 0 Å². The van der Waals surface area contributed by atoms with E-state index in [0.29, 0.717) is 54.3 Å². The van der Waals surface area contributed by atoms with Crippen LogP contribution >= 0.6 is 0 Å². The molecule has 0 aliphatic carbocycles. The summed E-state index contributed by atoms with van der Waals surface area (Å²) in [6.45, 7) is 4.55. The van der Waals surface area contributed by atoms with Crippen molar-refractivity contribution in [1.82, 2.24) is 25.0 Å². The minimum absolute atomic E-state index is 0.00187. The highest BCUT2D eigenvalue weighted by molar-refractivity contribution is 5.87. The maximum Gasteiger partial charge on any atom is 0.408 e. The van der Waals surface area contributed by atoms with Crippen molar-refractivity contribution in [1.29, 1.82) is 0 Å². The second kappa shape index (κ2) is 18.1. The number of amides is 2. The second-order valence-electron chi connectivity index (χ2n) is 15.2. The molecule has 8 rings (SSSR count). The Kier molecular flexibility index (Phi) is 12.5. The summed E-state index contributed by atoms with van der Waals surface area (Å²) in [6.07, 6.45) is 1.23. The number of aliphatic hydroxyl groups excluding tert-OH is 1. The SMILES string of the molecule is CN(CCCNC[C@@H](O)c1ccc(O)c2[nH]c(=O)ccc12)C(=O)Cc1ccc(COc2cccc(C(c3ccccc3)N(C(=O)O)[C@H]3CN4CCC3CC4)c2)cc1. The minimum Gasteiger partial charge on any atom is -0.506 e. The van der Waals surface area contributed by atoms with Gasteiger partial charge in [-0.1, -0.05) is 72.8 Å². The predicted octanol–water partition coefficient (Wildman–Crippen LogP) is 5.69. The van der Waals surface area contributed by atoms with Crippen LogP contribution in [0.4, 0.5) is 4.79 Å². The van der Waals surface area contributed by atoms with E-state index >= 15 is 0 Å². The fourth-order valence-corrected chi connectivity index (χ4v) is 8.31. The van der Waals surface area contributed by atoms with Crippen molar-refractivity contribution < 1.29 is 29.6 Å². The molecular weight excluding hydrogens is 723 g/mol. The molecule has 57 heavy (non-hydrogen) atoms. The van der Waals surface area contributed by atoms with E-state index in [0.717, 1.165) is 54.7 Å². The molecule has 2 amide bonds. The van der Waals surface area contributed by atoms with Crippen LogP contribution < -0.4 is 15.6 Å². The number of aromatic hydroxyl groups is 1. The fraction of sp³-hybridized carbons (Fsp3) is 0.356. The van der Waals surface area contributed by atoms with Crippen molar-refractivity contribution in [3.63, 3.8) is 0 Å². The lowest BCUT2D eigenvalue weighted by Gasteiger charge is -2.50. The van der Waals surface area contributed by atoms with Crippen LogP contribution in [-0.4, -0.2) is 99.4 Å². The topological polar surface area (TPSA) is 159 Å². The van der Waals surface area contributed by atoms with Crippen molar-refractivity contribution in [2.24, 2.45) is 5.92 Å². The zero-order chi connectivity index (χ0) is 39.9. The van der Waals surface area contributed by atoms with Crippen molar-refractivity contribution in [3.05, 3.63) is 141 Å². The number of nitrogens with one attached hydrogen (secondary N) is 2. The number of piperidine rings is 3. The molecule has 4 heterocycles. The number of aromatic amines is 1. The van der Waals surface area contributed by atoms with Crippen LogP contribution in [0.1, 0.15) is 59.2 Å². The average molecular weight is 774 g/mol. The summed E-state index contributed by atoms with van der Waals surface area (Å²) in [7, 11) is 1.78. The molecule has 1 unspecified atom stereocenters. The van der Waals surface area contributed by atoms with E-state index in [4.69, 9.17) is 4.74 Å². The number of benzene rings is 4. The second-order valence-corrected chi connectivity index (χ2v) is 15.2. The number of likely N-dealkylation sites (N-methyl/N-ethyl adjacent to an activating group) is 1. The van der Waals surface area contributed by atoms with Gasteiger partial charge < -0.3 is 40.2 Å². The van der Waals surface area contributed by atoms with E-state index in [1.165, 1.54) is 12.1 Å². The molecule has 3 aliphatic heterocycles. The number of ether oxygens (including phenoxy) is 1. The molecule has 0 spiro atoms. The summed E-state index contributed by atoms with van der Waals surface area (Å²) in [4.78, 5) is 46.1. The molecule has 3 atom stereocenters. The van der Waals surface area contributed by atoms with Crippen LogP contribution in [0, 0.1) is 5.92 Å². The number of carbonyl (C=O) groups is 2. The van der Waals surface area contributed by atoms with Crippen molar-refractivity contribution >= 4 is 22.9 Å². The molecule has 1 aromatic heterocycles. The number of hydrogen-bond acceptors (Lipinski definition) is 8. The monoisotopic (exact) mass is 773 g/mol. The predicted molar refractivity (Wildman–Crippen MR) is 218 cm³/mol. The highest BCUT2D eigenvalue weighted by Gasteiger charge is 2.43. The summed E-state index contributed by atoms with van der Waals surface area (Å²) in [5.41, 5.74) is 4.20. The number of carboxylic acid groups (broad SMARTS) is 1. The van der Waals surface area contributed by atoms with Gasteiger partial charge in [-0.05, 0) is 96.9 Å². The molecule has 2 bridgehead atoms. The third kappa shape index (κ3) is 9.48. The van der Waals surface area contributed by atoms with Crippen LogP contribution in [-0.2, 0) is 17.8 Å². The number of fused-ring (bicyclic) bond motifs is 4. The van der Waals surface area contributed by atoms with Gasteiger partial charge >= 0.3 is 6.09 Å². The maximum absolute atomic E-state index is 13.0. The number of hydrogen-bond donors (Lipinski definition) is 5. The average Bonchev–Trinajstić information content (AvgIpc) is 3.23. The van der Waals surface area contributed by atoms with E-state index in [2.05, 4.69) is 15.2 Å². The number of H-pyrrole nitrogens is 1. The Bertz CT molecular complexity index is 2200. The number of nitrogens with zero attached hydrogens (tertiary/aromatic N) is 3. The Morgan fingerprint density at radius 2 is 1.67 bits per heavy atom. The first-order valence-electron chi connectivity index (χ1n) is 19.7. The Labute approximate surface area is 332 Å². The lowest BCUT2D eigenvalue weighted by molar-refractivity contribution is -0.129. The Hall–Kier alpha value is -5.69. The van der Waals surface area contributed by atoms with Gasteiger partial charge in [0.2, 0.25) is 11.5 Å². The van der Waals surface area contributed by atoms with Gasteiger partial charge in [0, 0.05) is 38.1 Å². The highest BCUT2D eigenvalue weighted by atomic mass is 16.5. The Morgan fingerprint density at radius 1 is 0.930 bits per heavy atom. The van der Waals surface area contributed by atoms with Gasteiger partial charge in [-0.3, -0.25) is 14.5 Å². The largest absolute Gasteiger partial charge is 0.506 e. The lowest BCUT2D eigenvalue weighted by Crippen LogP contribution is -2.59. The molecular formula is C45H51N5O7. The quantitative estimate of drug-likeness (QED) is 0.0795. The van der Waals surface area contributed by atoms with E-state index in [1.807, 2.05) is 78.9 Å². The highest BCUT2D eigenvalue weighted by Crippen LogP contribution is 2.39. The van der Waals surface area contributed by atoms with E-state index in [1.54, 1.807) is 29.0 Å². The van der Waals surface area contributed by atoms with Gasteiger partial charge in [-0.25, -0.2) is 4.79 Å². The summed E-state index contributed by atoms with van der Waals surface area (Å²) < 4.78 is 6.25. The normalized spacial score (nSPS) is 18.5. The minimum atomic E-state index is -0.912. The summed E-state index contributed by atoms with van der Waals surface area (Å²) >= 11 is 0. The van der Waals surface area contributed by atoms with Crippen molar-refractivity contribution in [2.45, 2.75) is 50.5 Å². The Morgan fingerprint density at radius 3 is 2.39 bits per heavy atom. The molecule has 5 aromatic rings. The van der Waals surface area contributed by atoms with E-state index in [-0.39, 0.29) is 36.2 Å². The number of pyridine rings is 1. The lowest BCUT2D eigenvalue weighted by atomic mass is 9.81. The van der Waals surface area contributed by atoms with E-state index < -0.39 is 18.2 Å². The molecule has 12 nitrogen and oxygen atoms in total. The van der Waals surface area contributed by atoms with E-state index in [9.17, 15) is 29.7 Å². The third-order valence-electron chi connectivity index (χ3n) is 11.4. The maximum atomic E-state index is 13.0. The first-order chi connectivity index (χ1) is 27.6. The Balaban J connectivity index is 0.895. The molecule has 4 aromatic carbocycles. The smallest absolute Gasteiger partial charge is 0.408 e. The molecule has 3 fully saturated rings. The zero-order valence-electron chi connectivity index (χ0n) is 32.2. The molecule has 0 radical (unpaired) electrons. The number of rotatable bonds is 16. The van der Waals surface area contributed by atoms with Crippen LogP contribution in [0.2, 0.25) is 0 Å². The van der Waals surface area contributed by atoms with Gasteiger partial charge in [-0.15, -0.1) is 0 Å². The number of aromatic nitrogens is 1. The van der Waals surface area contributed by atoms with Crippen molar-refractivity contribution in [2.75, 3.05) is 46.3 Å². The van der Waals surface area contributed by atoms with Gasteiger partial charge in [0.05, 0.1) is 30.1 Å². The standard InChI is InChI=1S/C45H51N5O7/c1-48(22-6-21-46-27-40(52)36-15-17-39(51)43-37(36)16-18-41(53)47-43)42(54)25-30-11-13-31(14-12-30)29-57-35-10-5-9-34(26-35)44(33-7-3-2-4-8-33)50(45(55)56)38-28-49-23-19-32(38)20-24-49/h2-5,7-18,26,32,38,40,44,46,51-52H,6,19-25,27-29H2,1H3,(H,47,53)(H,55,56)/t38-,40+,44?/m0/s1. The van der Waals surface area contributed by atoms with Crippen LogP contribution in [0.15, 0.2) is 108 Å². The molecule has 12 heteroatoms. The van der Waals surface area contributed by atoms with Crippen LogP contribution in [0.3, 0.4) is 0 Å². The van der Waals surface area contributed by atoms with Gasteiger partial charge in [0.15, 0.2) is 0 Å². The fourth-order valence-electron chi connectivity index (χ4n) is 8.31. The van der Waals surface area contributed by atoms with Gasteiger partial charge in [0.25, 0.3) is 0 Å². The molecule has 298 valence electrons. The van der Waals surface area contributed by atoms with Crippen LogP contribution in [0.5, 0.6) is 11.5 Å². The zero-order valence-corrected chi connectivity index (χ0v) is 32.2. The van der Waals surface area contributed by atoms with Gasteiger partial charge in [0.1, 0.15) is 18.1 Å². The first kappa shape index (κ1) is 39.5. The number of phenols is 1. The summed E-state index contributed by atoms with van der Waals surface area (Å²) in [6, 6.07) is 30.9. The number of phenolic OH excluding ortho intramolecular Hbond substituents is 1. The number of aliphatic hydroxyl groups is 1. The molecule has 3 aliphatic rings. The molecule has 5 N–H and O–H groups in total. The summed E-state index contributed by atoms with van der Waals surface area (Å²) in [5.74, 6) is 0.953. The summed E-state index contributed by atoms with van der Waals surface area (Å²) in [5, 5.41) is 35.4. The van der Waals surface area contributed by atoms with Crippen molar-refractivity contribution in [3.8, 4) is 11.5 Å². The molecule has 3 saturated heterocycles. The third-order valence-corrected chi connectivity index (χ3v) is 11.4. The molecule has 0 saturated carbocycles. The first-order valence-corrected chi connectivity index (χ1v) is 19.7. The van der Waals surface area contributed by atoms with Crippen LogP contribution in [0.25, 0.3) is 10.9 Å². The number of carbonyl (C=O) groups excluding carboxylic acids is 1.